The lowest BCUT2D eigenvalue weighted by molar-refractivity contribution is 0.0662. The average molecular weight is 202 g/mol. The van der Waals surface area contributed by atoms with E-state index in [-0.39, 0.29) is 6.04 Å². The van der Waals surface area contributed by atoms with Crippen molar-refractivity contribution >= 4 is 0 Å². The molecule has 0 fully saturated rings. The highest BCUT2D eigenvalue weighted by Gasteiger charge is 2.14. The number of hydrogen-bond donors (Lipinski definition) is 1. The Morgan fingerprint density at radius 3 is 2.79 bits per heavy atom. The number of nitrogens with zero attached hydrogens (tertiary/aromatic N) is 1. The molecule has 1 unspecified atom stereocenters. The molecule has 4 heteroatoms. The summed E-state index contributed by atoms with van der Waals surface area (Å²) < 4.78 is 26.0. The second-order valence-corrected chi connectivity index (χ2v) is 3.29. The summed E-state index contributed by atoms with van der Waals surface area (Å²) in [7, 11) is 0. The molecule has 0 aliphatic rings. The molecular weight excluding hydrogens is 186 g/mol. The van der Waals surface area contributed by atoms with Gasteiger partial charge in [-0.1, -0.05) is 6.92 Å². The molecule has 0 saturated carbocycles. The van der Waals surface area contributed by atoms with Crippen molar-refractivity contribution in [1.29, 1.82) is 0 Å². The summed E-state index contributed by atoms with van der Waals surface area (Å²) in [5.41, 5.74) is 0.633. The molecule has 0 amide bonds. The van der Waals surface area contributed by atoms with E-state index in [1.54, 1.807) is 12.1 Å². The van der Waals surface area contributed by atoms with Gasteiger partial charge in [0.15, 0.2) is 0 Å². The Labute approximate surface area is 82.9 Å². The van der Waals surface area contributed by atoms with Gasteiger partial charge < -0.3 is 5.32 Å². The van der Waals surface area contributed by atoms with E-state index in [4.69, 9.17) is 0 Å². The third kappa shape index (κ3) is 2.54. The predicted octanol–water partition coefficient (Wildman–Crippen LogP) is 2.94. The van der Waals surface area contributed by atoms with Crippen molar-refractivity contribution in [3.05, 3.63) is 24.0 Å². The third-order valence-electron chi connectivity index (χ3n) is 2.17. The molecule has 1 aromatic heterocycles. The van der Waals surface area contributed by atoms with Crippen LogP contribution >= 0.6 is 0 Å². The molecule has 14 heavy (non-hydrogen) atoms. The van der Waals surface area contributed by atoms with Gasteiger partial charge in [-0.25, -0.2) is 0 Å². The van der Waals surface area contributed by atoms with Crippen LogP contribution in [-0.2, 0) is 0 Å². The van der Waals surface area contributed by atoms with E-state index in [1.165, 1.54) is 6.20 Å². The van der Waals surface area contributed by atoms with E-state index in [9.17, 15) is 8.78 Å². The molecule has 0 saturated heterocycles. The van der Waals surface area contributed by atoms with Gasteiger partial charge in [-0.15, -0.1) is 0 Å². The van der Waals surface area contributed by atoms with Gasteiger partial charge in [0.2, 0.25) is 0 Å². The molecule has 0 spiro atoms. The standard InChI is InChI=1S/C10H16F2N2/c1-3-6-13-8(2)9-5-4-7-14(9)10(11)12/h4-5,7-8,10,13H,3,6H2,1-2H3. The zero-order chi connectivity index (χ0) is 10.6. The molecule has 1 N–H and O–H groups in total. The second kappa shape index (κ2) is 5.10. The lowest BCUT2D eigenvalue weighted by atomic mass is 10.2. The first-order chi connectivity index (χ1) is 6.66. The van der Waals surface area contributed by atoms with E-state index in [2.05, 4.69) is 5.32 Å². The summed E-state index contributed by atoms with van der Waals surface area (Å²) in [5, 5.41) is 3.18. The highest BCUT2D eigenvalue weighted by atomic mass is 19.3. The van der Waals surface area contributed by atoms with Crippen molar-refractivity contribution in [3.8, 4) is 0 Å². The third-order valence-corrected chi connectivity index (χ3v) is 2.17. The molecule has 1 aromatic rings. The lowest BCUT2D eigenvalue weighted by Crippen LogP contribution is -2.22. The average Bonchev–Trinajstić information content (AvgIpc) is 2.62. The summed E-state index contributed by atoms with van der Waals surface area (Å²) in [5.74, 6) is 0. The van der Waals surface area contributed by atoms with E-state index >= 15 is 0 Å². The Kier molecular flexibility index (Phi) is 4.07. The van der Waals surface area contributed by atoms with Crippen LogP contribution in [0.15, 0.2) is 18.3 Å². The van der Waals surface area contributed by atoms with Crippen molar-refractivity contribution < 1.29 is 8.78 Å². The lowest BCUT2D eigenvalue weighted by Gasteiger charge is -2.16. The van der Waals surface area contributed by atoms with Gasteiger partial charge in [-0.2, -0.15) is 8.78 Å². The fraction of sp³-hybridized carbons (Fsp3) is 0.600. The summed E-state index contributed by atoms with van der Waals surface area (Å²) in [6, 6.07) is 3.34. The summed E-state index contributed by atoms with van der Waals surface area (Å²) in [6.07, 6.45) is 2.41. The first-order valence-corrected chi connectivity index (χ1v) is 4.85. The van der Waals surface area contributed by atoms with Crippen molar-refractivity contribution in [3.63, 3.8) is 0 Å². The van der Waals surface area contributed by atoms with Crippen molar-refractivity contribution in [2.75, 3.05) is 6.54 Å². The number of alkyl halides is 2. The largest absolute Gasteiger partial charge is 0.318 e. The molecule has 0 aliphatic heterocycles. The second-order valence-electron chi connectivity index (χ2n) is 3.29. The van der Waals surface area contributed by atoms with Gasteiger partial charge in [0.05, 0.1) is 0 Å². The minimum Gasteiger partial charge on any atom is -0.309 e. The van der Waals surface area contributed by atoms with Crippen LogP contribution in [0.4, 0.5) is 8.78 Å². The van der Waals surface area contributed by atoms with Gasteiger partial charge in [0.25, 0.3) is 0 Å². The fourth-order valence-electron chi connectivity index (χ4n) is 1.42. The Morgan fingerprint density at radius 1 is 1.50 bits per heavy atom. The van der Waals surface area contributed by atoms with Crippen molar-refractivity contribution in [1.82, 2.24) is 9.88 Å². The van der Waals surface area contributed by atoms with Crippen LogP contribution in [0.3, 0.4) is 0 Å². The molecule has 0 aliphatic carbocycles. The summed E-state index contributed by atoms with van der Waals surface area (Å²) in [6.45, 7) is 2.33. The molecular formula is C10H16F2N2. The first kappa shape index (κ1) is 11.2. The molecule has 80 valence electrons. The number of rotatable bonds is 5. The smallest absolute Gasteiger partial charge is 0.309 e. The van der Waals surface area contributed by atoms with Crippen LogP contribution in [0.2, 0.25) is 0 Å². The number of aromatic nitrogens is 1. The Balaban J connectivity index is 2.68. The molecule has 0 radical (unpaired) electrons. The zero-order valence-corrected chi connectivity index (χ0v) is 8.50. The monoisotopic (exact) mass is 202 g/mol. The van der Waals surface area contributed by atoms with Crippen LogP contribution < -0.4 is 5.32 Å². The SMILES string of the molecule is CCCNC(C)c1cccn1C(F)F. The minimum atomic E-state index is -2.45. The zero-order valence-electron chi connectivity index (χ0n) is 8.50. The number of hydrogen-bond acceptors (Lipinski definition) is 1. The van der Waals surface area contributed by atoms with Gasteiger partial charge in [-0.3, -0.25) is 4.57 Å². The van der Waals surface area contributed by atoms with Gasteiger partial charge in [-0.05, 0) is 32.0 Å². The highest BCUT2D eigenvalue weighted by Crippen LogP contribution is 2.20. The van der Waals surface area contributed by atoms with Gasteiger partial charge in [0.1, 0.15) is 0 Å². The molecule has 1 heterocycles. The van der Waals surface area contributed by atoms with Gasteiger partial charge >= 0.3 is 6.55 Å². The molecule has 1 rings (SSSR count). The molecule has 1 atom stereocenters. The Morgan fingerprint density at radius 2 is 2.21 bits per heavy atom. The van der Waals surface area contributed by atoms with Crippen molar-refractivity contribution in [2.24, 2.45) is 0 Å². The Hall–Kier alpha value is -0.900. The first-order valence-electron chi connectivity index (χ1n) is 4.85. The molecule has 2 nitrogen and oxygen atoms in total. The van der Waals surface area contributed by atoms with Crippen LogP contribution in [0.1, 0.15) is 38.6 Å². The highest BCUT2D eigenvalue weighted by molar-refractivity contribution is 5.11. The van der Waals surface area contributed by atoms with E-state index in [1.807, 2.05) is 13.8 Å². The topological polar surface area (TPSA) is 17.0 Å². The van der Waals surface area contributed by atoms with E-state index < -0.39 is 6.55 Å². The van der Waals surface area contributed by atoms with E-state index in [0.29, 0.717) is 5.69 Å². The maximum absolute atomic E-state index is 12.5. The normalized spacial score (nSPS) is 13.5. The van der Waals surface area contributed by atoms with Crippen LogP contribution in [0.5, 0.6) is 0 Å². The summed E-state index contributed by atoms with van der Waals surface area (Å²) in [4.78, 5) is 0. The fourth-order valence-corrected chi connectivity index (χ4v) is 1.42. The van der Waals surface area contributed by atoms with E-state index in [0.717, 1.165) is 17.5 Å². The maximum Gasteiger partial charge on any atom is 0.318 e. The minimum absolute atomic E-state index is 0.0288. The molecule has 0 aromatic carbocycles. The van der Waals surface area contributed by atoms with Gasteiger partial charge in [0, 0.05) is 17.9 Å². The van der Waals surface area contributed by atoms with Crippen LogP contribution in [-0.4, -0.2) is 11.1 Å². The number of nitrogens with one attached hydrogen (secondary N) is 1. The van der Waals surface area contributed by atoms with Crippen molar-refractivity contribution in [2.45, 2.75) is 32.9 Å². The quantitative estimate of drug-likeness (QED) is 0.776. The predicted molar refractivity (Wildman–Crippen MR) is 52.4 cm³/mol. The molecule has 0 bridgehead atoms. The Bertz CT molecular complexity index is 271. The van der Waals surface area contributed by atoms with Crippen LogP contribution in [0.25, 0.3) is 0 Å². The maximum atomic E-state index is 12.5. The van der Waals surface area contributed by atoms with Crippen LogP contribution in [0, 0.1) is 0 Å². The number of halogens is 2. The summed E-state index contributed by atoms with van der Waals surface area (Å²) >= 11 is 0.